The zero-order valence-electron chi connectivity index (χ0n) is 14.8. The van der Waals surface area contributed by atoms with E-state index in [-0.39, 0.29) is 5.91 Å². The van der Waals surface area contributed by atoms with Gasteiger partial charge in [-0.15, -0.1) is 0 Å². The number of carbonyl (C=O) groups is 1. The van der Waals surface area contributed by atoms with E-state index in [1.54, 1.807) is 12.4 Å². The molecule has 1 fully saturated rings. The van der Waals surface area contributed by atoms with Crippen LogP contribution in [-0.2, 0) is 4.79 Å². The van der Waals surface area contributed by atoms with E-state index in [2.05, 4.69) is 16.0 Å². The van der Waals surface area contributed by atoms with Crippen molar-refractivity contribution in [3.63, 3.8) is 0 Å². The van der Waals surface area contributed by atoms with Gasteiger partial charge in [0.1, 0.15) is 5.82 Å². The normalized spacial score (nSPS) is 14.7. The molecule has 0 spiro atoms. The summed E-state index contributed by atoms with van der Waals surface area (Å²) in [5, 5.41) is 1.04. The lowest BCUT2D eigenvalue weighted by Crippen LogP contribution is -2.49. The van der Waals surface area contributed by atoms with Gasteiger partial charge in [-0.3, -0.25) is 9.78 Å². The summed E-state index contributed by atoms with van der Waals surface area (Å²) in [5.74, 6) is 1.86. The summed E-state index contributed by atoms with van der Waals surface area (Å²) in [6, 6.07) is 11.9. The Morgan fingerprint density at radius 2 is 1.73 bits per heavy atom. The molecule has 0 saturated carbocycles. The number of para-hydroxylation sites is 1. The predicted octanol–water partition coefficient (Wildman–Crippen LogP) is 2.75. The minimum absolute atomic E-state index is 0.217. The fraction of sp³-hybridized carbons (Fsp3) is 0.300. The Hall–Kier alpha value is -3.02. The molecule has 0 atom stereocenters. The summed E-state index contributed by atoms with van der Waals surface area (Å²) in [7, 11) is 0. The molecule has 2 aromatic heterocycles. The van der Waals surface area contributed by atoms with E-state index in [4.69, 9.17) is 9.97 Å². The standard InChI is InChI=1S/C20H21N5O/c1-2-18(26)24-11-13-25(14-12-24)20-16-5-3-4-6-17(16)22-19(23-20)15-7-9-21-10-8-15/h3-10H,2,11-14H2,1H3. The second-order valence-corrected chi connectivity index (χ2v) is 6.35. The first-order valence-corrected chi connectivity index (χ1v) is 8.96. The number of carbonyl (C=O) groups excluding carboxylic acids is 1. The molecule has 1 amide bonds. The summed E-state index contributed by atoms with van der Waals surface area (Å²) in [5.41, 5.74) is 1.88. The number of fused-ring (bicyclic) bond motifs is 1. The van der Waals surface area contributed by atoms with Crippen LogP contribution >= 0.6 is 0 Å². The van der Waals surface area contributed by atoms with Gasteiger partial charge < -0.3 is 9.80 Å². The molecular weight excluding hydrogens is 326 g/mol. The van der Waals surface area contributed by atoms with Crippen LogP contribution in [0.15, 0.2) is 48.8 Å². The summed E-state index contributed by atoms with van der Waals surface area (Å²) in [4.78, 5) is 29.8. The zero-order chi connectivity index (χ0) is 17.9. The third-order valence-electron chi connectivity index (χ3n) is 4.76. The van der Waals surface area contributed by atoms with Crippen LogP contribution < -0.4 is 4.90 Å². The molecule has 3 aromatic rings. The smallest absolute Gasteiger partial charge is 0.222 e. The Labute approximate surface area is 152 Å². The molecule has 3 heterocycles. The Morgan fingerprint density at radius 3 is 2.46 bits per heavy atom. The van der Waals surface area contributed by atoms with Gasteiger partial charge in [0.2, 0.25) is 5.91 Å². The molecule has 0 radical (unpaired) electrons. The van der Waals surface area contributed by atoms with Crippen LogP contribution in [0.25, 0.3) is 22.3 Å². The first kappa shape index (κ1) is 16.4. The van der Waals surface area contributed by atoms with Crippen molar-refractivity contribution in [3.8, 4) is 11.4 Å². The highest BCUT2D eigenvalue weighted by molar-refractivity contribution is 5.91. The van der Waals surface area contributed by atoms with Crippen molar-refractivity contribution < 1.29 is 4.79 Å². The molecule has 6 nitrogen and oxygen atoms in total. The van der Waals surface area contributed by atoms with E-state index in [9.17, 15) is 4.79 Å². The maximum absolute atomic E-state index is 11.9. The fourth-order valence-corrected chi connectivity index (χ4v) is 3.32. The highest BCUT2D eigenvalue weighted by Gasteiger charge is 2.23. The van der Waals surface area contributed by atoms with Crippen molar-refractivity contribution in [2.75, 3.05) is 31.1 Å². The first-order valence-electron chi connectivity index (χ1n) is 8.96. The lowest BCUT2D eigenvalue weighted by molar-refractivity contribution is -0.131. The van der Waals surface area contributed by atoms with Gasteiger partial charge in [0.15, 0.2) is 5.82 Å². The van der Waals surface area contributed by atoms with Crippen LogP contribution in [0.4, 0.5) is 5.82 Å². The van der Waals surface area contributed by atoms with Gasteiger partial charge in [0, 0.05) is 55.9 Å². The molecule has 1 saturated heterocycles. The van der Waals surface area contributed by atoms with E-state index in [0.717, 1.165) is 48.5 Å². The quantitative estimate of drug-likeness (QED) is 0.729. The maximum Gasteiger partial charge on any atom is 0.222 e. The van der Waals surface area contributed by atoms with Gasteiger partial charge in [-0.05, 0) is 24.3 Å². The molecule has 0 aliphatic carbocycles. The highest BCUT2D eigenvalue weighted by atomic mass is 16.2. The Bertz CT molecular complexity index is 920. The number of nitrogens with zero attached hydrogens (tertiary/aromatic N) is 5. The minimum atomic E-state index is 0.217. The summed E-state index contributed by atoms with van der Waals surface area (Å²) in [6.07, 6.45) is 4.06. The average molecular weight is 347 g/mol. The molecule has 0 bridgehead atoms. The van der Waals surface area contributed by atoms with Gasteiger partial charge in [-0.25, -0.2) is 9.97 Å². The number of hydrogen-bond donors (Lipinski definition) is 0. The molecule has 1 aromatic carbocycles. The number of anilines is 1. The lowest BCUT2D eigenvalue weighted by atomic mass is 10.2. The Morgan fingerprint density at radius 1 is 1.00 bits per heavy atom. The molecule has 1 aliphatic rings. The van der Waals surface area contributed by atoms with Crippen LogP contribution in [0.2, 0.25) is 0 Å². The van der Waals surface area contributed by atoms with E-state index in [1.807, 2.05) is 42.2 Å². The zero-order valence-corrected chi connectivity index (χ0v) is 14.8. The Balaban J connectivity index is 1.71. The van der Waals surface area contributed by atoms with Crippen molar-refractivity contribution in [1.29, 1.82) is 0 Å². The van der Waals surface area contributed by atoms with Crippen LogP contribution in [0.1, 0.15) is 13.3 Å². The maximum atomic E-state index is 11.9. The second-order valence-electron chi connectivity index (χ2n) is 6.35. The summed E-state index contributed by atoms with van der Waals surface area (Å²) >= 11 is 0. The van der Waals surface area contributed by atoms with E-state index in [0.29, 0.717) is 12.2 Å². The number of rotatable bonds is 3. The summed E-state index contributed by atoms with van der Waals surface area (Å²) in [6.45, 7) is 4.93. The van der Waals surface area contributed by atoms with E-state index in [1.165, 1.54) is 0 Å². The monoisotopic (exact) mass is 347 g/mol. The van der Waals surface area contributed by atoms with Gasteiger partial charge >= 0.3 is 0 Å². The molecule has 0 unspecified atom stereocenters. The second kappa shape index (κ2) is 7.07. The third kappa shape index (κ3) is 3.10. The van der Waals surface area contributed by atoms with Crippen molar-refractivity contribution in [1.82, 2.24) is 19.9 Å². The van der Waals surface area contributed by atoms with Gasteiger partial charge in [-0.2, -0.15) is 0 Å². The molecule has 132 valence electrons. The molecule has 0 N–H and O–H groups in total. The van der Waals surface area contributed by atoms with Crippen LogP contribution in [-0.4, -0.2) is 51.9 Å². The Kier molecular flexibility index (Phi) is 4.48. The number of amides is 1. The van der Waals surface area contributed by atoms with Crippen molar-refractivity contribution >= 4 is 22.6 Å². The summed E-state index contributed by atoms with van der Waals surface area (Å²) < 4.78 is 0. The fourth-order valence-electron chi connectivity index (χ4n) is 3.32. The number of pyridine rings is 1. The topological polar surface area (TPSA) is 62.2 Å². The van der Waals surface area contributed by atoms with Crippen molar-refractivity contribution in [2.24, 2.45) is 0 Å². The van der Waals surface area contributed by atoms with Crippen molar-refractivity contribution in [2.45, 2.75) is 13.3 Å². The van der Waals surface area contributed by atoms with Crippen LogP contribution in [0.5, 0.6) is 0 Å². The largest absolute Gasteiger partial charge is 0.352 e. The molecular formula is C20H21N5O. The third-order valence-corrected chi connectivity index (χ3v) is 4.76. The number of hydrogen-bond acceptors (Lipinski definition) is 5. The molecule has 26 heavy (non-hydrogen) atoms. The number of piperazine rings is 1. The van der Waals surface area contributed by atoms with Crippen LogP contribution in [0.3, 0.4) is 0 Å². The number of benzene rings is 1. The molecule has 6 heteroatoms. The molecule has 4 rings (SSSR count). The van der Waals surface area contributed by atoms with Gasteiger partial charge in [0.05, 0.1) is 5.52 Å². The predicted molar refractivity (Wildman–Crippen MR) is 102 cm³/mol. The van der Waals surface area contributed by atoms with E-state index >= 15 is 0 Å². The molecule has 1 aliphatic heterocycles. The van der Waals surface area contributed by atoms with Crippen molar-refractivity contribution in [3.05, 3.63) is 48.8 Å². The lowest BCUT2D eigenvalue weighted by Gasteiger charge is -2.35. The average Bonchev–Trinajstić information content (AvgIpc) is 2.73. The highest BCUT2D eigenvalue weighted by Crippen LogP contribution is 2.28. The van der Waals surface area contributed by atoms with E-state index < -0.39 is 0 Å². The number of aromatic nitrogens is 3. The SMILES string of the molecule is CCC(=O)N1CCN(c2nc(-c3ccncc3)nc3ccccc23)CC1. The minimum Gasteiger partial charge on any atom is -0.352 e. The van der Waals surface area contributed by atoms with Gasteiger partial charge in [0.25, 0.3) is 0 Å². The first-order chi connectivity index (χ1) is 12.8. The van der Waals surface area contributed by atoms with Crippen LogP contribution in [0, 0.1) is 0 Å². The van der Waals surface area contributed by atoms with Gasteiger partial charge in [-0.1, -0.05) is 19.1 Å².